The van der Waals surface area contributed by atoms with E-state index in [1.807, 2.05) is 19.1 Å². The first-order valence-electron chi connectivity index (χ1n) is 3.25. The summed E-state index contributed by atoms with van der Waals surface area (Å²) in [7, 11) is 0. The highest BCUT2D eigenvalue weighted by Crippen LogP contribution is 2.25. The molecule has 0 amide bonds. The SMILES string of the molecule is Cc1cccc([Si](Cl)(Cl)Cl)c1Cl. The molecule has 0 fully saturated rings. The van der Waals surface area contributed by atoms with Gasteiger partial charge in [0.05, 0.1) is 0 Å². The first-order valence-corrected chi connectivity index (χ1v) is 8.66. The molecule has 0 saturated heterocycles. The highest BCUT2D eigenvalue weighted by molar-refractivity contribution is 7.69. The average Bonchev–Trinajstić information content (AvgIpc) is 1.92. The molecule has 1 aromatic rings. The molecule has 1 aromatic carbocycles. The minimum Gasteiger partial charge on any atom is -0.121 e. The zero-order chi connectivity index (χ0) is 9.35. The molecule has 0 nitrogen and oxygen atoms in total. The fourth-order valence-electron chi connectivity index (χ4n) is 0.866. The van der Waals surface area contributed by atoms with Crippen LogP contribution in [-0.4, -0.2) is 6.00 Å². The van der Waals surface area contributed by atoms with Gasteiger partial charge in [-0.2, -0.15) is 0 Å². The van der Waals surface area contributed by atoms with Crippen LogP contribution in [0.25, 0.3) is 0 Å². The van der Waals surface area contributed by atoms with Crippen LogP contribution in [0.3, 0.4) is 0 Å². The normalized spacial score (nSPS) is 11.8. The van der Waals surface area contributed by atoms with Crippen LogP contribution in [0.4, 0.5) is 0 Å². The van der Waals surface area contributed by atoms with E-state index in [1.54, 1.807) is 6.07 Å². The number of benzene rings is 1. The van der Waals surface area contributed by atoms with Gasteiger partial charge in [0.15, 0.2) is 0 Å². The lowest BCUT2D eigenvalue weighted by molar-refractivity contribution is 1.49. The van der Waals surface area contributed by atoms with Gasteiger partial charge in [-0.1, -0.05) is 29.8 Å². The van der Waals surface area contributed by atoms with E-state index >= 15 is 0 Å². The molecule has 0 bridgehead atoms. The summed E-state index contributed by atoms with van der Waals surface area (Å²) in [5.74, 6) is 0. The molecule has 5 heteroatoms. The van der Waals surface area contributed by atoms with E-state index in [0.717, 1.165) is 5.56 Å². The number of rotatable bonds is 1. The maximum atomic E-state index is 5.96. The Hall–Kier alpha value is 0.597. The summed E-state index contributed by atoms with van der Waals surface area (Å²) < 4.78 is 0. The summed E-state index contributed by atoms with van der Waals surface area (Å²) in [6.07, 6.45) is 0. The van der Waals surface area contributed by atoms with Crippen molar-refractivity contribution < 1.29 is 0 Å². The van der Waals surface area contributed by atoms with E-state index in [0.29, 0.717) is 10.2 Å². The molecular weight excluding hydrogens is 254 g/mol. The average molecular weight is 260 g/mol. The van der Waals surface area contributed by atoms with Crippen LogP contribution < -0.4 is 5.19 Å². The van der Waals surface area contributed by atoms with Gasteiger partial charge in [-0.05, 0) is 12.5 Å². The highest BCUT2D eigenvalue weighted by atomic mass is 35.8. The van der Waals surface area contributed by atoms with Crippen molar-refractivity contribution in [3.8, 4) is 0 Å². The maximum absolute atomic E-state index is 5.96. The summed E-state index contributed by atoms with van der Waals surface area (Å²) in [5, 5.41) is 1.23. The fourth-order valence-corrected chi connectivity index (χ4v) is 4.00. The molecule has 0 radical (unpaired) electrons. The third-order valence-electron chi connectivity index (χ3n) is 1.50. The summed E-state index contributed by atoms with van der Waals surface area (Å²) >= 11 is 23.4. The summed E-state index contributed by atoms with van der Waals surface area (Å²) in [5.41, 5.74) is 0.938. The van der Waals surface area contributed by atoms with Crippen molar-refractivity contribution in [2.24, 2.45) is 0 Å². The van der Waals surface area contributed by atoms with Crippen LogP contribution >= 0.6 is 44.8 Å². The molecule has 66 valence electrons. The predicted molar refractivity (Wildman–Crippen MR) is 59.1 cm³/mol. The Morgan fingerprint density at radius 1 is 1.17 bits per heavy atom. The lowest BCUT2D eigenvalue weighted by atomic mass is 10.2. The van der Waals surface area contributed by atoms with Crippen molar-refractivity contribution in [2.45, 2.75) is 6.92 Å². The minimum absolute atomic E-state index is 0.573. The Balaban J connectivity index is 3.26. The number of aryl methyl sites for hydroxylation is 1. The molecule has 0 atom stereocenters. The first kappa shape index (κ1) is 10.7. The van der Waals surface area contributed by atoms with Crippen LogP contribution in [0.1, 0.15) is 5.56 Å². The van der Waals surface area contributed by atoms with Crippen LogP contribution in [-0.2, 0) is 0 Å². The molecule has 0 N–H and O–H groups in total. The van der Waals surface area contributed by atoms with E-state index in [-0.39, 0.29) is 0 Å². The fraction of sp³-hybridized carbons (Fsp3) is 0.143. The summed E-state index contributed by atoms with van der Waals surface area (Å²) in [6, 6.07) is 2.66. The van der Waals surface area contributed by atoms with Gasteiger partial charge in [0.2, 0.25) is 0 Å². The topological polar surface area (TPSA) is 0 Å². The third kappa shape index (κ3) is 2.30. The second-order valence-electron chi connectivity index (χ2n) is 2.43. The molecule has 1 rings (SSSR count). The molecule has 0 aliphatic carbocycles. The first-order chi connectivity index (χ1) is 5.43. The lowest BCUT2D eigenvalue weighted by Crippen LogP contribution is -2.31. The Labute approximate surface area is 91.5 Å². The number of hydrogen-bond donors (Lipinski definition) is 0. The van der Waals surface area contributed by atoms with Crippen molar-refractivity contribution in [3.05, 3.63) is 28.8 Å². The largest absolute Gasteiger partial charge is 0.374 e. The van der Waals surface area contributed by atoms with Gasteiger partial charge in [0.25, 0.3) is 0 Å². The van der Waals surface area contributed by atoms with Gasteiger partial charge in [0.1, 0.15) is 0 Å². The van der Waals surface area contributed by atoms with Crippen LogP contribution in [0.5, 0.6) is 0 Å². The van der Waals surface area contributed by atoms with Gasteiger partial charge >= 0.3 is 6.00 Å². The maximum Gasteiger partial charge on any atom is 0.374 e. The second-order valence-corrected chi connectivity index (χ2v) is 11.2. The predicted octanol–water partition coefficient (Wildman–Crippen LogP) is 3.51. The molecule has 0 aliphatic heterocycles. The van der Waals surface area contributed by atoms with E-state index in [9.17, 15) is 0 Å². The Morgan fingerprint density at radius 2 is 1.75 bits per heavy atom. The van der Waals surface area contributed by atoms with Crippen molar-refractivity contribution in [3.63, 3.8) is 0 Å². The zero-order valence-electron chi connectivity index (χ0n) is 6.24. The summed E-state index contributed by atoms with van der Waals surface area (Å²) in [6.45, 7) is 1.89. The van der Waals surface area contributed by atoms with Gasteiger partial charge in [-0.15, -0.1) is 33.2 Å². The van der Waals surface area contributed by atoms with Crippen LogP contribution in [0.2, 0.25) is 5.02 Å². The smallest absolute Gasteiger partial charge is 0.121 e. The van der Waals surface area contributed by atoms with E-state index in [2.05, 4.69) is 0 Å². The minimum atomic E-state index is -2.82. The quantitative estimate of drug-likeness (QED) is 0.535. The monoisotopic (exact) mass is 258 g/mol. The van der Waals surface area contributed by atoms with E-state index < -0.39 is 6.00 Å². The molecule has 0 unspecified atom stereocenters. The number of halogens is 4. The second kappa shape index (κ2) is 3.77. The van der Waals surface area contributed by atoms with Crippen molar-refractivity contribution >= 4 is 56.0 Å². The van der Waals surface area contributed by atoms with Crippen LogP contribution in [0.15, 0.2) is 18.2 Å². The Kier molecular flexibility index (Phi) is 3.35. The van der Waals surface area contributed by atoms with Gasteiger partial charge in [0, 0.05) is 10.2 Å². The van der Waals surface area contributed by atoms with Crippen molar-refractivity contribution in [1.82, 2.24) is 0 Å². The molecule has 0 aliphatic rings. The lowest BCUT2D eigenvalue weighted by Gasteiger charge is -2.11. The molecule has 0 aromatic heterocycles. The van der Waals surface area contributed by atoms with E-state index in [4.69, 9.17) is 44.8 Å². The molecule has 0 heterocycles. The molecule has 0 saturated carbocycles. The Morgan fingerprint density at radius 3 is 2.17 bits per heavy atom. The Bertz CT molecular complexity index is 292. The standard InChI is InChI=1S/C7H6Cl4Si/c1-5-3-2-4-6(7(5)8)12(9,10)11/h2-4H,1H3. The zero-order valence-corrected chi connectivity index (χ0v) is 10.3. The summed E-state index contributed by atoms with van der Waals surface area (Å²) in [4.78, 5) is 0. The molecule has 12 heavy (non-hydrogen) atoms. The van der Waals surface area contributed by atoms with Crippen molar-refractivity contribution in [2.75, 3.05) is 0 Å². The molecular formula is C7H6Cl4Si. The highest BCUT2D eigenvalue weighted by Gasteiger charge is 2.30. The third-order valence-corrected chi connectivity index (χ3v) is 5.02. The molecule has 0 spiro atoms. The van der Waals surface area contributed by atoms with Gasteiger partial charge in [-0.3, -0.25) is 0 Å². The van der Waals surface area contributed by atoms with Crippen molar-refractivity contribution in [1.29, 1.82) is 0 Å². The van der Waals surface area contributed by atoms with Gasteiger partial charge < -0.3 is 0 Å². The number of hydrogen-bond acceptors (Lipinski definition) is 0. The van der Waals surface area contributed by atoms with Gasteiger partial charge in [-0.25, -0.2) is 0 Å². The van der Waals surface area contributed by atoms with E-state index in [1.165, 1.54) is 0 Å². The van der Waals surface area contributed by atoms with Crippen LogP contribution in [0, 0.1) is 6.92 Å².